The number of hydrogen-bond donors (Lipinski definition) is 2. The van der Waals surface area contributed by atoms with Crippen LogP contribution in [0.1, 0.15) is 34.6 Å². The van der Waals surface area contributed by atoms with E-state index < -0.39 is 12.1 Å². The summed E-state index contributed by atoms with van der Waals surface area (Å²) < 4.78 is 0. The summed E-state index contributed by atoms with van der Waals surface area (Å²) in [5.41, 5.74) is 2.17. The van der Waals surface area contributed by atoms with Gasteiger partial charge < -0.3 is 25.1 Å². The molecule has 1 aromatic carbocycles. The third-order valence-electron chi connectivity index (χ3n) is 6.14. The number of benzene rings is 1. The largest absolute Gasteiger partial charge is 0.394 e. The average molecular weight is 424 g/mol. The van der Waals surface area contributed by atoms with Gasteiger partial charge in [-0.15, -0.1) is 0 Å². The lowest BCUT2D eigenvalue weighted by Gasteiger charge is -2.33. The lowest BCUT2D eigenvalue weighted by atomic mass is 10.1. The highest BCUT2D eigenvalue weighted by atomic mass is 16.3. The highest BCUT2D eigenvalue weighted by Crippen LogP contribution is 2.25. The number of pyridine rings is 1. The summed E-state index contributed by atoms with van der Waals surface area (Å²) in [6, 6.07) is 11.8. The first-order valence-electron chi connectivity index (χ1n) is 10.7. The van der Waals surface area contributed by atoms with Crippen molar-refractivity contribution in [2.24, 2.45) is 0 Å². The average Bonchev–Trinajstić information content (AvgIpc) is 3.14. The van der Waals surface area contributed by atoms with Crippen molar-refractivity contribution in [1.82, 2.24) is 20.1 Å². The number of likely N-dealkylation sites (N-methyl/N-ethyl adjacent to an activating group) is 1. The van der Waals surface area contributed by atoms with Crippen molar-refractivity contribution in [2.45, 2.75) is 25.6 Å². The second kappa shape index (κ2) is 9.03. The van der Waals surface area contributed by atoms with Crippen molar-refractivity contribution >= 4 is 17.6 Å². The van der Waals surface area contributed by atoms with Crippen molar-refractivity contribution < 1.29 is 14.7 Å². The molecule has 2 aliphatic rings. The molecule has 1 fully saturated rings. The summed E-state index contributed by atoms with van der Waals surface area (Å²) in [6.45, 7) is 5.55. The summed E-state index contributed by atoms with van der Waals surface area (Å²) in [7, 11) is 2.10. The molecule has 31 heavy (non-hydrogen) atoms. The molecule has 164 valence electrons. The van der Waals surface area contributed by atoms with E-state index in [2.05, 4.69) is 22.2 Å². The van der Waals surface area contributed by atoms with E-state index >= 15 is 0 Å². The number of anilines is 1. The van der Waals surface area contributed by atoms with Gasteiger partial charge in [0.05, 0.1) is 18.3 Å². The third-order valence-corrected chi connectivity index (χ3v) is 6.14. The van der Waals surface area contributed by atoms with Crippen molar-refractivity contribution in [1.29, 1.82) is 0 Å². The van der Waals surface area contributed by atoms with Crippen molar-refractivity contribution in [3.8, 4) is 0 Å². The number of carbonyl (C=O) groups excluding carboxylic acids is 2. The highest BCUT2D eigenvalue weighted by molar-refractivity contribution is 6.01. The van der Waals surface area contributed by atoms with Crippen LogP contribution in [0.3, 0.4) is 0 Å². The van der Waals surface area contributed by atoms with Gasteiger partial charge in [0, 0.05) is 38.3 Å². The van der Waals surface area contributed by atoms with Crippen LogP contribution in [0, 0.1) is 0 Å². The van der Waals surface area contributed by atoms with Crippen LogP contribution in [-0.2, 0) is 11.3 Å². The second-order valence-corrected chi connectivity index (χ2v) is 8.22. The number of rotatable bonds is 6. The minimum atomic E-state index is -0.658. The third kappa shape index (κ3) is 4.40. The van der Waals surface area contributed by atoms with Crippen LogP contribution in [0.2, 0.25) is 0 Å². The van der Waals surface area contributed by atoms with Gasteiger partial charge in [0.2, 0.25) is 5.91 Å². The van der Waals surface area contributed by atoms with Gasteiger partial charge in [-0.3, -0.25) is 9.59 Å². The Morgan fingerprint density at radius 2 is 1.87 bits per heavy atom. The SMILES string of the molecule is CC(C(=O)N[C@H](CO)c1cccc(N2CCN(C)CC2)n1)N1Cc2ccccc2C1=O. The Balaban J connectivity index is 1.44. The van der Waals surface area contributed by atoms with Gasteiger partial charge in [0.15, 0.2) is 0 Å². The summed E-state index contributed by atoms with van der Waals surface area (Å²) in [5, 5.41) is 12.8. The summed E-state index contributed by atoms with van der Waals surface area (Å²) in [4.78, 5) is 36.4. The zero-order valence-corrected chi connectivity index (χ0v) is 18.0. The van der Waals surface area contributed by atoms with Crippen LogP contribution < -0.4 is 10.2 Å². The lowest BCUT2D eigenvalue weighted by Crippen LogP contribution is -2.47. The first-order valence-corrected chi connectivity index (χ1v) is 10.7. The highest BCUT2D eigenvalue weighted by Gasteiger charge is 2.34. The van der Waals surface area contributed by atoms with Crippen LogP contribution in [0.25, 0.3) is 0 Å². The molecule has 8 nitrogen and oxygen atoms in total. The second-order valence-electron chi connectivity index (χ2n) is 8.22. The van der Waals surface area contributed by atoms with Crippen LogP contribution in [0.15, 0.2) is 42.5 Å². The Morgan fingerprint density at radius 3 is 2.58 bits per heavy atom. The van der Waals surface area contributed by atoms with Gasteiger partial charge in [-0.25, -0.2) is 4.98 Å². The molecule has 8 heteroatoms. The zero-order chi connectivity index (χ0) is 22.0. The number of nitrogens with zero attached hydrogens (tertiary/aromatic N) is 4. The summed E-state index contributed by atoms with van der Waals surface area (Å²) >= 11 is 0. The monoisotopic (exact) mass is 423 g/mol. The summed E-state index contributed by atoms with van der Waals surface area (Å²) in [5.74, 6) is 0.387. The van der Waals surface area contributed by atoms with Crippen LogP contribution in [0.4, 0.5) is 5.82 Å². The van der Waals surface area contributed by atoms with Crippen LogP contribution in [-0.4, -0.2) is 77.6 Å². The lowest BCUT2D eigenvalue weighted by molar-refractivity contribution is -0.126. The minimum Gasteiger partial charge on any atom is -0.394 e. The number of aliphatic hydroxyl groups excluding tert-OH is 1. The van der Waals surface area contributed by atoms with Gasteiger partial charge in [0.25, 0.3) is 5.91 Å². The standard InChI is InChI=1S/C23H29N5O3/c1-16(28-14-17-6-3-4-7-18(17)23(28)31)22(30)25-20(15-29)19-8-5-9-21(24-19)27-12-10-26(2)11-13-27/h3-9,16,20,29H,10-15H2,1-2H3,(H,25,30)/t16?,20-/m1/s1. The summed E-state index contributed by atoms with van der Waals surface area (Å²) in [6.07, 6.45) is 0. The van der Waals surface area contributed by atoms with E-state index in [-0.39, 0.29) is 18.4 Å². The molecule has 1 aromatic heterocycles. The molecule has 0 saturated carbocycles. The van der Waals surface area contributed by atoms with Gasteiger partial charge >= 0.3 is 0 Å². The topological polar surface area (TPSA) is 89.0 Å². The van der Waals surface area contributed by atoms with E-state index in [4.69, 9.17) is 4.98 Å². The number of piperazine rings is 1. The van der Waals surface area contributed by atoms with Gasteiger partial charge in [-0.1, -0.05) is 24.3 Å². The maximum atomic E-state index is 12.9. The maximum Gasteiger partial charge on any atom is 0.255 e. The van der Waals surface area contributed by atoms with E-state index in [0.717, 1.165) is 37.6 Å². The van der Waals surface area contributed by atoms with E-state index in [9.17, 15) is 14.7 Å². The van der Waals surface area contributed by atoms with Gasteiger partial charge in [-0.05, 0) is 37.7 Å². The molecule has 2 amide bonds. The molecule has 2 N–H and O–H groups in total. The number of fused-ring (bicyclic) bond motifs is 1. The van der Waals surface area contributed by atoms with E-state index in [1.165, 1.54) is 0 Å². The molecule has 2 aliphatic heterocycles. The van der Waals surface area contributed by atoms with Crippen LogP contribution >= 0.6 is 0 Å². The molecule has 0 radical (unpaired) electrons. The quantitative estimate of drug-likeness (QED) is 0.722. The van der Waals surface area contributed by atoms with E-state index in [0.29, 0.717) is 17.8 Å². The molecule has 0 aliphatic carbocycles. The fourth-order valence-corrected chi connectivity index (χ4v) is 4.08. The maximum absolute atomic E-state index is 12.9. The molecular formula is C23H29N5O3. The number of amides is 2. The smallest absolute Gasteiger partial charge is 0.255 e. The van der Waals surface area contributed by atoms with Crippen molar-refractivity contribution in [2.75, 3.05) is 44.7 Å². The Morgan fingerprint density at radius 1 is 1.13 bits per heavy atom. The molecule has 3 heterocycles. The number of aromatic nitrogens is 1. The molecule has 1 saturated heterocycles. The molecule has 2 aromatic rings. The number of aliphatic hydroxyl groups is 1. The number of carbonyl (C=O) groups is 2. The van der Waals surface area contributed by atoms with E-state index in [1.54, 1.807) is 17.9 Å². The Labute approximate surface area is 182 Å². The molecular weight excluding hydrogens is 394 g/mol. The number of nitrogens with one attached hydrogen (secondary N) is 1. The van der Waals surface area contributed by atoms with E-state index in [1.807, 2.05) is 36.4 Å². The molecule has 1 unspecified atom stereocenters. The van der Waals surface area contributed by atoms with Gasteiger partial charge in [0.1, 0.15) is 11.9 Å². The fourth-order valence-electron chi connectivity index (χ4n) is 4.08. The first-order chi connectivity index (χ1) is 15.0. The minimum absolute atomic E-state index is 0.144. The Hall–Kier alpha value is -2.97. The molecule has 0 bridgehead atoms. The normalized spacial score (nSPS) is 18.6. The zero-order valence-electron chi connectivity index (χ0n) is 18.0. The predicted molar refractivity (Wildman–Crippen MR) is 118 cm³/mol. The van der Waals surface area contributed by atoms with Crippen molar-refractivity contribution in [3.05, 3.63) is 59.3 Å². The van der Waals surface area contributed by atoms with Crippen LogP contribution in [0.5, 0.6) is 0 Å². The predicted octanol–water partition coefficient (Wildman–Crippen LogP) is 1.03. The number of hydrogen-bond acceptors (Lipinski definition) is 6. The van der Waals surface area contributed by atoms with Crippen molar-refractivity contribution in [3.63, 3.8) is 0 Å². The Bertz CT molecular complexity index is 958. The molecule has 2 atom stereocenters. The molecule has 0 spiro atoms. The first kappa shape index (κ1) is 21.3. The Kier molecular flexibility index (Phi) is 6.20. The molecule has 4 rings (SSSR count). The van der Waals surface area contributed by atoms with Gasteiger partial charge in [-0.2, -0.15) is 0 Å². The fraction of sp³-hybridized carbons (Fsp3) is 0.435.